The van der Waals surface area contributed by atoms with Crippen LogP contribution in [-0.2, 0) is 4.79 Å². The molecule has 150 valence electrons. The largest absolute Gasteiger partial charge is 0.369 e. The summed E-state index contributed by atoms with van der Waals surface area (Å²) in [5.41, 5.74) is 10.7. The summed E-state index contributed by atoms with van der Waals surface area (Å²) in [5.74, 6) is 0.429. The quantitative estimate of drug-likeness (QED) is 0.545. The maximum atomic E-state index is 11.5. The Morgan fingerprint density at radius 2 is 1.73 bits per heavy atom. The number of fused-ring (bicyclic) bond motifs is 1. The molecule has 0 saturated carbocycles. The number of nitrogens with two attached hydrogens (primary N) is 1. The number of aromatic amines is 1. The lowest BCUT2D eigenvalue weighted by Gasteiger charge is -2.30. The van der Waals surface area contributed by atoms with Gasteiger partial charge in [-0.25, -0.2) is 9.97 Å². The smallest absolute Gasteiger partial charge is 0.225 e. The Hall–Kier alpha value is -3.67. The van der Waals surface area contributed by atoms with E-state index in [0.29, 0.717) is 5.95 Å². The Labute approximate surface area is 174 Å². The molecule has 0 radical (unpaired) electrons. The van der Waals surface area contributed by atoms with E-state index in [1.807, 2.05) is 42.6 Å². The van der Waals surface area contributed by atoms with E-state index in [1.54, 1.807) is 0 Å². The Bertz CT molecular complexity index is 1190. The van der Waals surface area contributed by atoms with Gasteiger partial charge in [-0.2, -0.15) is 0 Å². The number of amides is 1. The molecule has 30 heavy (non-hydrogen) atoms. The number of hydrogen-bond donors (Lipinski definition) is 2. The zero-order valence-corrected chi connectivity index (χ0v) is 16.6. The molecule has 3 N–H and O–H groups in total. The van der Waals surface area contributed by atoms with Crippen LogP contribution in [0.5, 0.6) is 0 Å². The first kappa shape index (κ1) is 18.4. The van der Waals surface area contributed by atoms with Crippen molar-refractivity contribution in [3.8, 4) is 22.5 Å². The second-order valence-electron chi connectivity index (χ2n) is 7.69. The zero-order valence-electron chi connectivity index (χ0n) is 16.6. The second kappa shape index (κ2) is 7.63. The number of benzene rings is 2. The molecular weight excluding hydrogens is 374 g/mol. The number of H-pyrrole nitrogens is 1. The van der Waals surface area contributed by atoms with Gasteiger partial charge in [0, 0.05) is 41.7 Å². The molecule has 1 fully saturated rings. The second-order valence-corrected chi connectivity index (χ2v) is 7.69. The van der Waals surface area contributed by atoms with Gasteiger partial charge in [-0.15, -0.1) is 0 Å². The molecule has 0 aliphatic carbocycles. The summed E-state index contributed by atoms with van der Waals surface area (Å²) in [6.07, 6.45) is 3.30. The van der Waals surface area contributed by atoms with Gasteiger partial charge in [0.15, 0.2) is 0 Å². The normalized spacial score (nSPS) is 14.9. The lowest BCUT2D eigenvalue weighted by atomic mass is 9.96. The lowest BCUT2D eigenvalue weighted by molar-refractivity contribution is -0.122. The highest BCUT2D eigenvalue weighted by molar-refractivity contribution is 6.03. The fourth-order valence-corrected chi connectivity index (χ4v) is 4.23. The summed E-state index contributed by atoms with van der Waals surface area (Å²) in [6, 6.07) is 20.5. The molecule has 0 atom stereocenters. The van der Waals surface area contributed by atoms with Gasteiger partial charge in [-0.1, -0.05) is 48.5 Å². The summed E-state index contributed by atoms with van der Waals surface area (Å²) >= 11 is 0. The van der Waals surface area contributed by atoms with Crippen molar-refractivity contribution >= 4 is 22.8 Å². The molecule has 4 aromatic rings. The SMILES string of the molecule is NC(=O)C1CCN(c2nccc(-c3c(-c4ccccc4)[nH]c4ccccc34)n2)CC1. The molecule has 5 rings (SSSR count). The summed E-state index contributed by atoms with van der Waals surface area (Å²) in [7, 11) is 0. The third kappa shape index (κ3) is 3.30. The molecule has 1 aliphatic rings. The predicted molar refractivity (Wildman–Crippen MR) is 119 cm³/mol. The number of para-hydroxylation sites is 1. The van der Waals surface area contributed by atoms with E-state index in [1.165, 1.54) is 0 Å². The fraction of sp³-hybridized carbons (Fsp3) is 0.208. The summed E-state index contributed by atoms with van der Waals surface area (Å²) in [4.78, 5) is 26.6. The molecule has 1 amide bonds. The van der Waals surface area contributed by atoms with Crippen LogP contribution in [-0.4, -0.2) is 33.9 Å². The average Bonchev–Trinajstić information content (AvgIpc) is 3.19. The summed E-state index contributed by atoms with van der Waals surface area (Å²) < 4.78 is 0. The minimum absolute atomic E-state index is 0.0530. The molecule has 1 aliphatic heterocycles. The van der Waals surface area contributed by atoms with Crippen LogP contribution in [0.4, 0.5) is 5.95 Å². The molecule has 6 heteroatoms. The summed E-state index contributed by atoms with van der Waals surface area (Å²) in [5, 5.41) is 1.13. The van der Waals surface area contributed by atoms with Crippen LogP contribution in [0.15, 0.2) is 66.9 Å². The Morgan fingerprint density at radius 1 is 1.00 bits per heavy atom. The van der Waals surface area contributed by atoms with Crippen LogP contribution in [0, 0.1) is 5.92 Å². The molecule has 2 aromatic heterocycles. The number of carbonyl (C=O) groups excluding carboxylic acids is 1. The molecule has 0 spiro atoms. The fourth-order valence-electron chi connectivity index (χ4n) is 4.23. The van der Waals surface area contributed by atoms with Crippen LogP contribution in [0.2, 0.25) is 0 Å². The number of primary amides is 1. The monoisotopic (exact) mass is 397 g/mol. The Kier molecular flexibility index (Phi) is 4.67. The molecule has 6 nitrogen and oxygen atoms in total. The van der Waals surface area contributed by atoms with Gasteiger partial charge in [0.25, 0.3) is 0 Å². The van der Waals surface area contributed by atoms with E-state index in [4.69, 9.17) is 10.7 Å². The van der Waals surface area contributed by atoms with E-state index >= 15 is 0 Å². The van der Waals surface area contributed by atoms with Gasteiger partial charge >= 0.3 is 0 Å². The maximum Gasteiger partial charge on any atom is 0.225 e. The van der Waals surface area contributed by atoms with E-state index in [-0.39, 0.29) is 11.8 Å². The number of carbonyl (C=O) groups is 1. The van der Waals surface area contributed by atoms with Crippen molar-refractivity contribution in [1.82, 2.24) is 15.0 Å². The van der Waals surface area contributed by atoms with E-state index in [2.05, 4.69) is 39.1 Å². The van der Waals surface area contributed by atoms with Crippen LogP contribution in [0.25, 0.3) is 33.4 Å². The van der Waals surface area contributed by atoms with Gasteiger partial charge in [0.05, 0.1) is 11.4 Å². The number of rotatable bonds is 4. The Morgan fingerprint density at radius 3 is 2.50 bits per heavy atom. The highest BCUT2D eigenvalue weighted by atomic mass is 16.1. The number of nitrogens with zero attached hydrogens (tertiary/aromatic N) is 3. The number of piperidine rings is 1. The van der Waals surface area contributed by atoms with Crippen LogP contribution < -0.4 is 10.6 Å². The molecule has 0 unspecified atom stereocenters. The van der Waals surface area contributed by atoms with Gasteiger partial charge < -0.3 is 15.6 Å². The lowest BCUT2D eigenvalue weighted by Crippen LogP contribution is -2.39. The third-order valence-corrected chi connectivity index (χ3v) is 5.85. The minimum Gasteiger partial charge on any atom is -0.369 e. The predicted octanol–water partition coefficient (Wildman–Crippen LogP) is 3.99. The third-order valence-electron chi connectivity index (χ3n) is 5.85. The first-order valence-corrected chi connectivity index (χ1v) is 10.2. The van der Waals surface area contributed by atoms with Crippen molar-refractivity contribution in [1.29, 1.82) is 0 Å². The molecular formula is C24H23N5O. The number of anilines is 1. The first-order valence-electron chi connectivity index (χ1n) is 10.2. The topological polar surface area (TPSA) is 87.9 Å². The minimum atomic E-state index is -0.212. The zero-order chi connectivity index (χ0) is 20.5. The van der Waals surface area contributed by atoms with Gasteiger partial charge in [-0.05, 0) is 30.5 Å². The van der Waals surface area contributed by atoms with Gasteiger partial charge in [0.2, 0.25) is 11.9 Å². The standard InChI is InChI=1S/C24H23N5O/c25-23(30)17-11-14-29(15-12-17)24-26-13-10-20(28-24)21-18-8-4-5-9-19(18)27-22(21)16-6-2-1-3-7-16/h1-10,13,17,27H,11-12,14-15H2,(H2,25,30). The number of hydrogen-bond acceptors (Lipinski definition) is 4. The van der Waals surface area contributed by atoms with Crippen molar-refractivity contribution in [3.63, 3.8) is 0 Å². The van der Waals surface area contributed by atoms with Crippen LogP contribution in [0.3, 0.4) is 0 Å². The Balaban J connectivity index is 1.57. The first-order chi connectivity index (χ1) is 14.7. The molecule has 3 heterocycles. The van der Waals surface area contributed by atoms with E-state index in [0.717, 1.165) is 59.3 Å². The van der Waals surface area contributed by atoms with Crippen molar-refractivity contribution in [2.75, 3.05) is 18.0 Å². The van der Waals surface area contributed by atoms with Crippen LogP contribution >= 0.6 is 0 Å². The highest BCUT2D eigenvalue weighted by Gasteiger charge is 2.25. The van der Waals surface area contributed by atoms with Crippen LogP contribution in [0.1, 0.15) is 12.8 Å². The number of aromatic nitrogens is 3. The van der Waals surface area contributed by atoms with Crippen molar-refractivity contribution in [3.05, 3.63) is 66.9 Å². The summed E-state index contributed by atoms with van der Waals surface area (Å²) in [6.45, 7) is 1.47. The van der Waals surface area contributed by atoms with E-state index in [9.17, 15) is 4.79 Å². The molecule has 2 aromatic carbocycles. The molecule has 0 bridgehead atoms. The maximum absolute atomic E-state index is 11.5. The van der Waals surface area contributed by atoms with Gasteiger partial charge in [-0.3, -0.25) is 4.79 Å². The van der Waals surface area contributed by atoms with Crippen molar-refractivity contribution in [2.45, 2.75) is 12.8 Å². The average molecular weight is 397 g/mol. The van der Waals surface area contributed by atoms with Crippen molar-refractivity contribution < 1.29 is 4.79 Å². The van der Waals surface area contributed by atoms with E-state index < -0.39 is 0 Å². The van der Waals surface area contributed by atoms with Crippen molar-refractivity contribution in [2.24, 2.45) is 11.7 Å². The highest BCUT2D eigenvalue weighted by Crippen LogP contribution is 2.37. The number of nitrogens with one attached hydrogen (secondary N) is 1. The molecule has 1 saturated heterocycles. The van der Waals surface area contributed by atoms with Gasteiger partial charge in [0.1, 0.15) is 0 Å².